The minimum Gasteiger partial charge on any atom is -0.346 e. The summed E-state index contributed by atoms with van der Waals surface area (Å²) in [5.74, 6) is -0.343. The number of halogens is 1. The second-order valence-corrected chi connectivity index (χ2v) is 5.78. The van der Waals surface area contributed by atoms with Crippen molar-refractivity contribution >= 4 is 23.4 Å². The molecule has 0 aromatic carbocycles. The van der Waals surface area contributed by atoms with E-state index in [1.54, 1.807) is 30.4 Å². The Balaban J connectivity index is 1.85. The molecule has 0 bridgehead atoms. The number of nitrogens with one attached hydrogen (secondary N) is 1. The molecule has 2 aromatic heterocycles. The fourth-order valence-electron chi connectivity index (χ4n) is 2.81. The van der Waals surface area contributed by atoms with Crippen LogP contribution < -0.4 is 5.32 Å². The van der Waals surface area contributed by atoms with Gasteiger partial charge in [0, 0.05) is 38.3 Å². The first kappa shape index (κ1) is 15.4. The van der Waals surface area contributed by atoms with Crippen LogP contribution in [0.4, 0.5) is 0 Å². The molecule has 23 heavy (non-hydrogen) atoms. The number of amides is 2. The van der Waals surface area contributed by atoms with E-state index in [4.69, 9.17) is 11.6 Å². The summed E-state index contributed by atoms with van der Waals surface area (Å²) >= 11 is 6.00. The highest BCUT2D eigenvalue weighted by Crippen LogP contribution is 2.31. The van der Waals surface area contributed by atoms with Crippen molar-refractivity contribution in [3.05, 3.63) is 59.1 Å². The van der Waals surface area contributed by atoms with Crippen molar-refractivity contribution in [1.29, 1.82) is 0 Å². The normalized spacial score (nSPS) is 20.6. The lowest BCUT2D eigenvalue weighted by atomic mass is 10.0. The van der Waals surface area contributed by atoms with E-state index in [9.17, 15) is 9.59 Å². The van der Waals surface area contributed by atoms with Gasteiger partial charge in [0.25, 0.3) is 5.91 Å². The van der Waals surface area contributed by atoms with E-state index in [0.29, 0.717) is 5.56 Å². The van der Waals surface area contributed by atoms with Crippen LogP contribution in [0.5, 0.6) is 0 Å². The van der Waals surface area contributed by atoms with Gasteiger partial charge < -0.3 is 10.2 Å². The zero-order chi connectivity index (χ0) is 16.4. The fraction of sp³-hybridized carbons (Fsp3) is 0.250. The highest BCUT2D eigenvalue weighted by molar-refractivity contribution is 6.33. The van der Waals surface area contributed by atoms with Crippen molar-refractivity contribution < 1.29 is 9.59 Å². The first-order chi connectivity index (χ1) is 11.1. The van der Waals surface area contributed by atoms with Gasteiger partial charge in [0.05, 0.1) is 22.7 Å². The number of carbonyl (C=O) groups is 2. The molecule has 118 valence electrons. The van der Waals surface area contributed by atoms with Crippen molar-refractivity contribution in [2.45, 2.75) is 18.5 Å². The fourth-order valence-corrected chi connectivity index (χ4v) is 3.02. The van der Waals surface area contributed by atoms with Crippen LogP contribution in [0, 0.1) is 0 Å². The first-order valence-corrected chi connectivity index (χ1v) is 7.51. The van der Waals surface area contributed by atoms with Gasteiger partial charge in [-0.2, -0.15) is 0 Å². The SMILES string of the molecule is CN1C(=O)C[C@@H](NC(=O)c2ccncc2Cl)[C@@H]1c1cccnc1. The molecule has 0 radical (unpaired) electrons. The zero-order valence-corrected chi connectivity index (χ0v) is 13.2. The van der Waals surface area contributed by atoms with E-state index >= 15 is 0 Å². The topological polar surface area (TPSA) is 75.2 Å². The number of aromatic nitrogens is 2. The number of nitrogens with zero attached hydrogens (tertiary/aromatic N) is 3. The third-order valence-electron chi connectivity index (χ3n) is 3.95. The zero-order valence-electron chi connectivity index (χ0n) is 12.4. The molecule has 1 aliphatic heterocycles. The van der Waals surface area contributed by atoms with Crippen molar-refractivity contribution in [3.63, 3.8) is 0 Å². The van der Waals surface area contributed by atoms with Gasteiger partial charge in [-0.3, -0.25) is 19.6 Å². The molecule has 7 heteroatoms. The molecule has 0 spiro atoms. The largest absolute Gasteiger partial charge is 0.346 e. The minimum atomic E-state index is -0.339. The van der Waals surface area contributed by atoms with Crippen LogP contribution in [0.15, 0.2) is 43.0 Å². The van der Waals surface area contributed by atoms with Gasteiger partial charge in [0.15, 0.2) is 0 Å². The Morgan fingerprint density at radius 2 is 2.09 bits per heavy atom. The molecule has 0 unspecified atom stereocenters. The van der Waals surface area contributed by atoms with Crippen LogP contribution in [-0.2, 0) is 4.79 Å². The highest BCUT2D eigenvalue weighted by atomic mass is 35.5. The van der Waals surface area contributed by atoms with E-state index in [2.05, 4.69) is 15.3 Å². The lowest BCUT2D eigenvalue weighted by Gasteiger charge is -2.25. The molecule has 1 saturated heterocycles. The molecule has 2 aromatic rings. The molecule has 1 N–H and O–H groups in total. The minimum absolute atomic E-state index is 0.0232. The number of likely N-dealkylation sites (tertiary alicyclic amines) is 1. The van der Waals surface area contributed by atoms with Gasteiger partial charge in [-0.05, 0) is 17.7 Å². The first-order valence-electron chi connectivity index (χ1n) is 7.14. The Labute approximate surface area is 138 Å². The van der Waals surface area contributed by atoms with Gasteiger partial charge in [-0.1, -0.05) is 17.7 Å². The van der Waals surface area contributed by atoms with Crippen LogP contribution >= 0.6 is 11.6 Å². The van der Waals surface area contributed by atoms with E-state index in [1.165, 1.54) is 12.4 Å². The maximum Gasteiger partial charge on any atom is 0.253 e. The molecule has 2 amide bonds. The second-order valence-electron chi connectivity index (χ2n) is 5.38. The van der Waals surface area contributed by atoms with E-state index < -0.39 is 0 Å². The Hall–Kier alpha value is -2.47. The number of rotatable bonds is 3. The summed E-state index contributed by atoms with van der Waals surface area (Å²) < 4.78 is 0. The standard InChI is InChI=1S/C16H15ClN4O2/c1-21-14(22)7-13(15(21)10-3-2-5-18-8-10)20-16(23)11-4-6-19-9-12(11)17/h2-6,8-9,13,15H,7H2,1H3,(H,20,23)/t13-,15+/m1/s1. The molecule has 3 heterocycles. The van der Waals surface area contributed by atoms with E-state index in [-0.39, 0.29) is 35.3 Å². The number of hydrogen-bond acceptors (Lipinski definition) is 4. The third kappa shape index (κ3) is 3.03. The summed E-state index contributed by atoms with van der Waals surface area (Å²) in [6.07, 6.45) is 6.54. The Kier molecular flexibility index (Phi) is 4.25. The van der Waals surface area contributed by atoms with Crippen LogP contribution in [0.1, 0.15) is 28.4 Å². The summed E-state index contributed by atoms with van der Waals surface area (Å²) in [5.41, 5.74) is 1.22. The Bertz CT molecular complexity index is 738. The second kappa shape index (κ2) is 6.34. The monoisotopic (exact) mass is 330 g/mol. The molecule has 0 aliphatic carbocycles. The Morgan fingerprint density at radius 3 is 2.78 bits per heavy atom. The average molecular weight is 331 g/mol. The average Bonchev–Trinajstić information content (AvgIpc) is 2.83. The molecule has 1 fully saturated rings. The van der Waals surface area contributed by atoms with Crippen LogP contribution in [0.2, 0.25) is 5.02 Å². The molecular weight excluding hydrogens is 316 g/mol. The maximum atomic E-state index is 12.4. The van der Waals surface area contributed by atoms with Gasteiger partial charge >= 0.3 is 0 Å². The highest BCUT2D eigenvalue weighted by Gasteiger charge is 2.39. The molecular formula is C16H15ClN4O2. The molecule has 1 aliphatic rings. The molecule has 2 atom stereocenters. The van der Waals surface area contributed by atoms with Gasteiger partial charge in [0.2, 0.25) is 5.91 Å². The quantitative estimate of drug-likeness (QED) is 0.931. The Morgan fingerprint density at radius 1 is 1.30 bits per heavy atom. The van der Waals surface area contributed by atoms with E-state index in [0.717, 1.165) is 5.56 Å². The van der Waals surface area contributed by atoms with Crippen LogP contribution in [-0.4, -0.2) is 39.8 Å². The molecule has 3 rings (SSSR count). The molecule has 6 nitrogen and oxygen atoms in total. The summed E-state index contributed by atoms with van der Waals surface area (Å²) in [6, 6.07) is 4.67. The number of pyridine rings is 2. The summed E-state index contributed by atoms with van der Waals surface area (Å²) in [7, 11) is 1.73. The smallest absolute Gasteiger partial charge is 0.253 e. The van der Waals surface area contributed by atoms with Crippen molar-refractivity contribution in [2.75, 3.05) is 7.05 Å². The van der Waals surface area contributed by atoms with Crippen LogP contribution in [0.25, 0.3) is 0 Å². The van der Waals surface area contributed by atoms with Gasteiger partial charge in [0.1, 0.15) is 0 Å². The summed E-state index contributed by atoms with van der Waals surface area (Å²) in [6.45, 7) is 0. The van der Waals surface area contributed by atoms with E-state index in [1.807, 2.05) is 12.1 Å². The summed E-state index contributed by atoms with van der Waals surface area (Å²) in [4.78, 5) is 34.1. The summed E-state index contributed by atoms with van der Waals surface area (Å²) in [5, 5.41) is 3.18. The van der Waals surface area contributed by atoms with Crippen molar-refractivity contribution in [3.8, 4) is 0 Å². The maximum absolute atomic E-state index is 12.4. The third-order valence-corrected chi connectivity index (χ3v) is 4.25. The number of hydrogen-bond donors (Lipinski definition) is 1. The number of carbonyl (C=O) groups excluding carboxylic acids is 2. The van der Waals surface area contributed by atoms with Gasteiger partial charge in [-0.25, -0.2) is 0 Å². The predicted molar refractivity (Wildman–Crippen MR) is 84.9 cm³/mol. The lowest BCUT2D eigenvalue weighted by molar-refractivity contribution is -0.127. The lowest BCUT2D eigenvalue weighted by Crippen LogP contribution is -2.39. The van der Waals surface area contributed by atoms with Gasteiger partial charge in [-0.15, -0.1) is 0 Å². The molecule has 0 saturated carbocycles. The van der Waals surface area contributed by atoms with Crippen molar-refractivity contribution in [1.82, 2.24) is 20.2 Å². The van der Waals surface area contributed by atoms with Crippen molar-refractivity contribution in [2.24, 2.45) is 0 Å². The predicted octanol–water partition coefficient (Wildman–Crippen LogP) is 1.83. The van der Waals surface area contributed by atoms with Crippen LogP contribution in [0.3, 0.4) is 0 Å². The number of likely N-dealkylation sites (N-methyl/N-ethyl adjacent to an activating group) is 1.